The summed E-state index contributed by atoms with van der Waals surface area (Å²) in [5, 5.41) is 1.44. The van der Waals surface area contributed by atoms with Gasteiger partial charge >= 0.3 is 0 Å². The fraction of sp³-hybridized carbons (Fsp3) is 0.111. The Labute approximate surface area is 81.6 Å². The zero-order valence-corrected chi connectivity index (χ0v) is 9.71. The van der Waals surface area contributed by atoms with Gasteiger partial charge in [0, 0.05) is 0 Å². The fourth-order valence-corrected chi connectivity index (χ4v) is 3.04. The van der Waals surface area contributed by atoms with Crippen LogP contribution in [0, 0.1) is 0 Å². The van der Waals surface area contributed by atoms with E-state index in [0.717, 1.165) is 0 Å². The van der Waals surface area contributed by atoms with E-state index in [9.17, 15) is 0 Å². The van der Waals surface area contributed by atoms with Crippen LogP contribution < -0.4 is 5.19 Å². The molecule has 0 aliphatic heterocycles. The largest absolute Gasteiger partial charge is 0.175 e. The Morgan fingerprint density at radius 3 is 2.36 bits per heavy atom. The summed E-state index contributed by atoms with van der Waals surface area (Å²) in [6.45, 7) is 6.15. The average molecular weight is 274 g/mol. The molecule has 0 saturated carbocycles. The highest BCUT2D eigenvalue weighted by molar-refractivity contribution is 14.1. The van der Waals surface area contributed by atoms with Crippen LogP contribution in [0.3, 0.4) is 0 Å². The van der Waals surface area contributed by atoms with Crippen LogP contribution in [0.15, 0.2) is 42.6 Å². The number of hydrogen-bond donors (Lipinski definition) is 0. The number of halogens is 1. The second kappa shape index (κ2) is 3.54. The predicted molar refractivity (Wildman–Crippen MR) is 61.9 cm³/mol. The Morgan fingerprint density at radius 1 is 1.36 bits per heavy atom. The van der Waals surface area contributed by atoms with Gasteiger partial charge < -0.3 is 0 Å². The zero-order chi connectivity index (χ0) is 8.32. The van der Waals surface area contributed by atoms with Crippen LogP contribution in [0.25, 0.3) is 0 Å². The van der Waals surface area contributed by atoms with Crippen molar-refractivity contribution in [1.82, 2.24) is 0 Å². The monoisotopic (exact) mass is 274 g/mol. The minimum Gasteiger partial charge on any atom is -0.107 e. The number of benzene rings is 1. The molecule has 0 aromatic heterocycles. The van der Waals surface area contributed by atoms with E-state index in [1.165, 1.54) is 5.19 Å². The van der Waals surface area contributed by atoms with Crippen molar-refractivity contribution in [1.29, 1.82) is 0 Å². The van der Waals surface area contributed by atoms with E-state index in [1.54, 1.807) is 0 Å². The first-order chi connectivity index (χ1) is 5.17. The minimum absolute atomic E-state index is 1.32. The molecule has 2 heteroatoms. The first kappa shape index (κ1) is 9.00. The molecular formula is C9H11ISi. The van der Waals surface area contributed by atoms with Crippen molar-refractivity contribution in [2.45, 2.75) is 6.55 Å². The Hall–Kier alpha value is -0.0931. The lowest BCUT2D eigenvalue weighted by atomic mass is 10.4. The van der Waals surface area contributed by atoms with Crippen LogP contribution >= 0.6 is 21.8 Å². The first-order valence-corrected chi connectivity index (χ1v) is 9.24. The van der Waals surface area contributed by atoms with E-state index >= 15 is 0 Å². The van der Waals surface area contributed by atoms with Crippen molar-refractivity contribution < 1.29 is 0 Å². The van der Waals surface area contributed by atoms with Gasteiger partial charge in [0.2, 0.25) is 0 Å². The third-order valence-corrected chi connectivity index (χ3v) is 7.14. The Balaban J connectivity index is 3.02. The second-order valence-corrected chi connectivity index (χ2v) is 12.5. The standard InChI is InChI=1S/C9H11ISi/c1-3-11(2,10)9-7-5-4-6-8-9/h3-8H,1H2,2H3. The maximum Gasteiger partial charge on any atom is 0.175 e. The van der Waals surface area contributed by atoms with E-state index < -0.39 is 5.57 Å². The lowest BCUT2D eigenvalue weighted by Crippen LogP contribution is -2.35. The second-order valence-electron chi connectivity index (χ2n) is 2.65. The molecule has 0 fully saturated rings. The van der Waals surface area contributed by atoms with Gasteiger partial charge in [0.1, 0.15) is 0 Å². The third kappa shape index (κ3) is 2.17. The van der Waals surface area contributed by atoms with E-state index in [4.69, 9.17) is 0 Å². The first-order valence-electron chi connectivity index (χ1n) is 3.55. The Bertz CT molecular complexity index is 241. The van der Waals surface area contributed by atoms with Gasteiger partial charge in [-0.05, 0) is 5.19 Å². The fourth-order valence-electron chi connectivity index (χ4n) is 0.882. The Morgan fingerprint density at radius 2 is 1.91 bits per heavy atom. The molecule has 1 aromatic carbocycles. The molecule has 1 rings (SSSR count). The van der Waals surface area contributed by atoms with Crippen molar-refractivity contribution >= 4 is 32.6 Å². The average Bonchev–Trinajstić information content (AvgIpc) is 2.06. The molecule has 0 N–H and O–H groups in total. The van der Waals surface area contributed by atoms with Crippen LogP contribution in [0.4, 0.5) is 0 Å². The van der Waals surface area contributed by atoms with Crippen LogP contribution in [-0.4, -0.2) is 5.57 Å². The molecular weight excluding hydrogens is 263 g/mol. The summed E-state index contributed by atoms with van der Waals surface area (Å²) in [7, 11) is 0. The molecule has 1 unspecified atom stereocenters. The summed E-state index contributed by atoms with van der Waals surface area (Å²) in [4.78, 5) is 0. The SMILES string of the molecule is C=C[Si](C)(I)c1ccccc1. The Kier molecular flexibility index (Phi) is 2.89. The summed E-state index contributed by atoms with van der Waals surface area (Å²) in [5.74, 6) is 0. The topological polar surface area (TPSA) is 0 Å². The molecule has 0 heterocycles. The third-order valence-electron chi connectivity index (χ3n) is 1.72. The van der Waals surface area contributed by atoms with Gasteiger partial charge in [-0.15, -0.1) is 28.4 Å². The van der Waals surface area contributed by atoms with Crippen molar-refractivity contribution in [3.05, 3.63) is 42.6 Å². The van der Waals surface area contributed by atoms with E-state index in [0.29, 0.717) is 0 Å². The van der Waals surface area contributed by atoms with Crippen LogP contribution in [0.5, 0.6) is 0 Å². The molecule has 0 amide bonds. The molecule has 0 bridgehead atoms. The summed E-state index contributed by atoms with van der Waals surface area (Å²) in [5.41, 5.74) is 0.781. The molecule has 1 aromatic rings. The van der Waals surface area contributed by atoms with Gasteiger partial charge in [-0.25, -0.2) is 0 Å². The molecule has 0 aliphatic rings. The van der Waals surface area contributed by atoms with Gasteiger partial charge in [0.05, 0.1) is 0 Å². The molecule has 58 valence electrons. The van der Waals surface area contributed by atoms with Crippen molar-refractivity contribution in [3.63, 3.8) is 0 Å². The van der Waals surface area contributed by atoms with Crippen molar-refractivity contribution in [3.8, 4) is 0 Å². The van der Waals surface area contributed by atoms with Gasteiger partial charge in [0.15, 0.2) is 5.57 Å². The van der Waals surface area contributed by atoms with Gasteiger partial charge in [-0.1, -0.05) is 42.6 Å². The molecule has 11 heavy (non-hydrogen) atoms. The van der Waals surface area contributed by atoms with E-state index in [-0.39, 0.29) is 0 Å². The summed E-state index contributed by atoms with van der Waals surface area (Å²) < 4.78 is 0. The normalized spacial score (nSPS) is 15.5. The van der Waals surface area contributed by atoms with Crippen LogP contribution in [-0.2, 0) is 0 Å². The summed E-state index contributed by atoms with van der Waals surface area (Å²) in [6, 6.07) is 10.6. The highest BCUT2D eigenvalue weighted by Crippen LogP contribution is 2.12. The number of rotatable bonds is 2. The van der Waals surface area contributed by atoms with Crippen molar-refractivity contribution in [2.75, 3.05) is 0 Å². The lowest BCUT2D eigenvalue weighted by Gasteiger charge is -2.14. The lowest BCUT2D eigenvalue weighted by molar-refractivity contribution is 1.75. The maximum absolute atomic E-state index is 3.86. The van der Waals surface area contributed by atoms with Crippen LogP contribution in [0.2, 0.25) is 6.55 Å². The number of hydrogen-bond acceptors (Lipinski definition) is 0. The van der Waals surface area contributed by atoms with E-state index in [1.807, 2.05) is 6.07 Å². The molecule has 0 aliphatic carbocycles. The molecule has 0 radical (unpaired) electrons. The van der Waals surface area contributed by atoms with Gasteiger partial charge in [-0.2, -0.15) is 0 Å². The van der Waals surface area contributed by atoms with Crippen LogP contribution in [0.1, 0.15) is 0 Å². The predicted octanol–water partition coefficient (Wildman–Crippen LogP) is 2.63. The van der Waals surface area contributed by atoms with Gasteiger partial charge in [0.25, 0.3) is 0 Å². The molecule has 0 nitrogen and oxygen atoms in total. The minimum atomic E-state index is -1.32. The van der Waals surface area contributed by atoms with E-state index in [2.05, 4.69) is 64.9 Å². The van der Waals surface area contributed by atoms with Crippen molar-refractivity contribution in [2.24, 2.45) is 0 Å². The van der Waals surface area contributed by atoms with Gasteiger partial charge in [-0.3, -0.25) is 0 Å². The maximum atomic E-state index is 3.86. The smallest absolute Gasteiger partial charge is 0.107 e. The zero-order valence-electron chi connectivity index (χ0n) is 6.55. The summed E-state index contributed by atoms with van der Waals surface area (Å²) in [6.07, 6.45) is 0. The molecule has 0 saturated heterocycles. The molecule has 1 atom stereocenters. The summed E-state index contributed by atoms with van der Waals surface area (Å²) >= 11 is 2.53. The highest BCUT2D eigenvalue weighted by Gasteiger charge is 2.20. The quantitative estimate of drug-likeness (QED) is 0.442. The molecule has 0 spiro atoms. The highest BCUT2D eigenvalue weighted by atomic mass is 127.